The van der Waals surface area contributed by atoms with E-state index < -0.39 is 11.7 Å². The maximum Gasteiger partial charge on any atom is 0.416 e. The van der Waals surface area contributed by atoms with Crippen molar-refractivity contribution in [3.8, 4) is 0 Å². The number of aliphatic hydroxyl groups excluding tert-OH is 1. The standard InChI is InChI=1S/C20H17F3N4O/c1-2-26-15-6-4-3-5-14(15)25-19(26)17-16(28)11-27(18(17)24)13-9-7-12(8-10-13)20(21,22)23/h3-10,24,28H,2,11H2,1H3. The normalized spacial score (nSPS) is 15.1. The van der Waals surface area contributed by atoms with E-state index in [9.17, 15) is 18.3 Å². The molecule has 0 spiro atoms. The van der Waals surface area contributed by atoms with E-state index in [0.29, 0.717) is 18.1 Å². The molecule has 0 aliphatic carbocycles. The van der Waals surface area contributed by atoms with Crippen molar-refractivity contribution in [3.63, 3.8) is 0 Å². The molecule has 8 heteroatoms. The first kappa shape index (κ1) is 18.1. The Morgan fingerprint density at radius 2 is 1.79 bits per heavy atom. The average Bonchev–Trinajstić information content (AvgIpc) is 3.17. The van der Waals surface area contributed by atoms with Crippen molar-refractivity contribution in [1.29, 1.82) is 5.41 Å². The quantitative estimate of drug-likeness (QED) is 0.677. The molecule has 0 atom stereocenters. The minimum atomic E-state index is -4.42. The molecule has 28 heavy (non-hydrogen) atoms. The summed E-state index contributed by atoms with van der Waals surface area (Å²) in [4.78, 5) is 6.03. The first-order valence-electron chi connectivity index (χ1n) is 8.72. The van der Waals surface area contributed by atoms with Crippen molar-refractivity contribution in [2.75, 3.05) is 11.4 Å². The molecule has 2 aromatic carbocycles. The van der Waals surface area contributed by atoms with E-state index >= 15 is 0 Å². The van der Waals surface area contributed by atoms with E-state index in [1.54, 1.807) is 0 Å². The molecule has 1 aliphatic rings. The predicted octanol–water partition coefficient (Wildman–Crippen LogP) is 4.84. The number of hydrogen-bond donors (Lipinski definition) is 2. The van der Waals surface area contributed by atoms with E-state index in [2.05, 4.69) is 4.98 Å². The van der Waals surface area contributed by atoms with Gasteiger partial charge in [0.2, 0.25) is 0 Å². The van der Waals surface area contributed by atoms with Crippen LogP contribution in [-0.4, -0.2) is 27.0 Å². The summed E-state index contributed by atoms with van der Waals surface area (Å²) in [5.41, 5.74) is 1.57. The number of fused-ring (bicyclic) bond motifs is 1. The Hall–Kier alpha value is -3.29. The summed E-state index contributed by atoms with van der Waals surface area (Å²) in [5, 5.41) is 19.1. The van der Waals surface area contributed by atoms with Gasteiger partial charge in [0.15, 0.2) is 0 Å². The van der Waals surface area contributed by atoms with Crippen molar-refractivity contribution in [1.82, 2.24) is 9.55 Å². The molecule has 1 aliphatic heterocycles. The van der Waals surface area contributed by atoms with Crippen LogP contribution in [0.5, 0.6) is 0 Å². The van der Waals surface area contributed by atoms with Crippen molar-refractivity contribution in [2.45, 2.75) is 19.6 Å². The molecule has 2 heterocycles. The second-order valence-electron chi connectivity index (χ2n) is 6.47. The monoisotopic (exact) mass is 386 g/mol. The van der Waals surface area contributed by atoms with Gasteiger partial charge >= 0.3 is 6.18 Å². The second kappa shape index (κ2) is 6.40. The molecular formula is C20H17F3N4O. The lowest BCUT2D eigenvalue weighted by Crippen LogP contribution is -2.26. The van der Waals surface area contributed by atoms with E-state index in [-0.39, 0.29) is 23.7 Å². The third kappa shape index (κ3) is 2.81. The van der Waals surface area contributed by atoms with Gasteiger partial charge in [-0.25, -0.2) is 4.98 Å². The lowest BCUT2D eigenvalue weighted by molar-refractivity contribution is -0.137. The molecule has 5 nitrogen and oxygen atoms in total. The SMILES string of the molecule is CCn1c(C2=C(O)CN(c3ccc(C(F)(F)F)cc3)C2=N)nc2ccccc21. The fourth-order valence-electron chi connectivity index (χ4n) is 3.45. The molecule has 0 unspecified atom stereocenters. The summed E-state index contributed by atoms with van der Waals surface area (Å²) in [5.74, 6) is 0.442. The van der Waals surface area contributed by atoms with Crippen LogP contribution in [0.15, 0.2) is 54.3 Å². The highest BCUT2D eigenvalue weighted by Gasteiger charge is 2.34. The van der Waals surface area contributed by atoms with Crippen LogP contribution < -0.4 is 4.90 Å². The second-order valence-corrected chi connectivity index (χ2v) is 6.47. The maximum absolute atomic E-state index is 12.8. The fraction of sp³-hybridized carbons (Fsp3) is 0.200. The van der Waals surface area contributed by atoms with Crippen LogP contribution in [0.2, 0.25) is 0 Å². The molecular weight excluding hydrogens is 369 g/mol. The molecule has 144 valence electrons. The summed E-state index contributed by atoms with van der Waals surface area (Å²) >= 11 is 0. The number of nitrogens with one attached hydrogen (secondary N) is 1. The van der Waals surface area contributed by atoms with Gasteiger partial charge in [-0.2, -0.15) is 13.2 Å². The van der Waals surface area contributed by atoms with E-state index in [1.807, 2.05) is 35.8 Å². The van der Waals surface area contributed by atoms with Gasteiger partial charge in [-0.05, 0) is 43.3 Å². The topological polar surface area (TPSA) is 65.1 Å². The van der Waals surface area contributed by atoms with Crippen LogP contribution in [0, 0.1) is 5.41 Å². The number of benzene rings is 2. The highest BCUT2D eigenvalue weighted by Crippen LogP contribution is 2.34. The minimum absolute atomic E-state index is 0.00210. The first-order chi connectivity index (χ1) is 13.3. The van der Waals surface area contributed by atoms with Gasteiger partial charge in [0, 0.05) is 12.2 Å². The number of para-hydroxylation sites is 2. The predicted molar refractivity (Wildman–Crippen MR) is 101 cm³/mol. The van der Waals surface area contributed by atoms with E-state index in [1.165, 1.54) is 17.0 Å². The molecule has 0 fully saturated rings. The Morgan fingerprint density at radius 1 is 1.11 bits per heavy atom. The third-order valence-electron chi connectivity index (χ3n) is 4.80. The number of hydrogen-bond acceptors (Lipinski definition) is 3. The Kier molecular flexibility index (Phi) is 4.14. The van der Waals surface area contributed by atoms with Gasteiger partial charge in [-0.1, -0.05) is 12.1 Å². The lowest BCUT2D eigenvalue weighted by Gasteiger charge is -2.19. The number of aromatic nitrogens is 2. The Labute approximate surface area is 158 Å². The molecule has 1 aromatic heterocycles. The van der Waals surface area contributed by atoms with Gasteiger partial charge in [0.25, 0.3) is 0 Å². The molecule has 0 saturated heterocycles. The number of amidine groups is 1. The number of anilines is 1. The van der Waals surface area contributed by atoms with Crippen molar-refractivity contribution < 1.29 is 18.3 Å². The smallest absolute Gasteiger partial charge is 0.416 e. The zero-order chi connectivity index (χ0) is 20.1. The number of halogens is 3. The Balaban J connectivity index is 1.72. The molecule has 0 bridgehead atoms. The zero-order valence-electron chi connectivity index (χ0n) is 15.0. The largest absolute Gasteiger partial charge is 0.509 e. The molecule has 3 aromatic rings. The Morgan fingerprint density at radius 3 is 2.43 bits per heavy atom. The summed E-state index contributed by atoms with van der Waals surface area (Å²) in [6.45, 7) is 2.55. The van der Waals surface area contributed by atoms with Crippen LogP contribution in [0.25, 0.3) is 16.6 Å². The number of aliphatic hydroxyl groups is 1. The summed E-state index contributed by atoms with van der Waals surface area (Å²) in [6.07, 6.45) is -4.42. The van der Waals surface area contributed by atoms with Gasteiger partial charge in [-0.3, -0.25) is 5.41 Å². The highest BCUT2D eigenvalue weighted by atomic mass is 19.4. The molecule has 0 saturated carbocycles. The van der Waals surface area contributed by atoms with E-state index in [4.69, 9.17) is 5.41 Å². The average molecular weight is 386 g/mol. The third-order valence-corrected chi connectivity index (χ3v) is 4.80. The lowest BCUT2D eigenvalue weighted by atomic mass is 10.2. The van der Waals surface area contributed by atoms with Gasteiger partial charge in [-0.15, -0.1) is 0 Å². The Bertz CT molecular complexity index is 1100. The summed E-state index contributed by atoms with van der Waals surface area (Å²) < 4.78 is 40.3. The van der Waals surface area contributed by atoms with Crippen LogP contribution in [0.3, 0.4) is 0 Å². The molecule has 2 N–H and O–H groups in total. The maximum atomic E-state index is 12.8. The first-order valence-corrected chi connectivity index (χ1v) is 8.72. The summed E-state index contributed by atoms with van der Waals surface area (Å²) in [7, 11) is 0. The number of rotatable bonds is 3. The van der Waals surface area contributed by atoms with E-state index in [0.717, 1.165) is 23.2 Å². The number of nitrogens with zero attached hydrogens (tertiary/aromatic N) is 3. The fourth-order valence-corrected chi connectivity index (χ4v) is 3.45. The van der Waals surface area contributed by atoms with Crippen LogP contribution >= 0.6 is 0 Å². The van der Waals surface area contributed by atoms with Gasteiger partial charge in [0.05, 0.1) is 28.7 Å². The highest BCUT2D eigenvalue weighted by molar-refractivity contribution is 6.30. The summed E-state index contributed by atoms with van der Waals surface area (Å²) in [6, 6.07) is 12.1. The number of alkyl halides is 3. The van der Waals surface area contributed by atoms with Gasteiger partial charge in [0.1, 0.15) is 17.4 Å². The molecule has 4 rings (SSSR count). The zero-order valence-corrected chi connectivity index (χ0v) is 15.0. The van der Waals surface area contributed by atoms with Crippen molar-refractivity contribution in [3.05, 3.63) is 65.7 Å². The molecule has 0 amide bonds. The van der Waals surface area contributed by atoms with Crippen LogP contribution in [-0.2, 0) is 12.7 Å². The van der Waals surface area contributed by atoms with Crippen molar-refractivity contribution >= 4 is 28.1 Å². The molecule has 0 radical (unpaired) electrons. The number of aryl methyl sites for hydroxylation is 1. The minimum Gasteiger partial charge on any atom is -0.509 e. The van der Waals surface area contributed by atoms with Crippen LogP contribution in [0.4, 0.5) is 18.9 Å². The van der Waals surface area contributed by atoms with Crippen LogP contribution in [0.1, 0.15) is 18.3 Å². The van der Waals surface area contributed by atoms with Gasteiger partial charge < -0.3 is 14.6 Å². The van der Waals surface area contributed by atoms with Crippen molar-refractivity contribution in [2.24, 2.45) is 0 Å². The number of imidazole rings is 1.